The van der Waals surface area contributed by atoms with Crippen LogP contribution in [0.1, 0.15) is 16.7 Å². The number of aryl methyl sites for hydroxylation is 1. The molecule has 0 bridgehead atoms. The Kier molecular flexibility index (Phi) is 4.16. The molecule has 0 aliphatic heterocycles. The largest absolute Gasteiger partial charge is 0.416 e. The summed E-state index contributed by atoms with van der Waals surface area (Å²) in [6.45, 7) is 1.37. The molecule has 0 atom stereocenters. The fourth-order valence-electron chi connectivity index (χ4n) is 1.87. The van der Waals surface area contributed by atoms with Gasteiger partial charge in [0.25, 0.3) is 0 Å². The Morgan fingerprint density at radius 3 is 2.43 bits per heavy atom. The van der Waals surface area contributed by atoms with E-state index in [1.165, 1.54) is 25.1 Å². The van der Waals surface area contributed by atoms with Crippen molar-refractivity contribution < 1.29 is 22.0 Å². The Labute approximate surface area is 118 Å². The third kappa shape index (κ3) is 3.51. The average molecular weight is 301 g/mol. The number of alkyl halides is 3. The van der Waals surface area contributed by atoms with Crippen LogP contribution >= 0.6 is 0 Å². The molecule has 0 aliphatic rings. The number of anilines is 1. The third-order valence-electron chi connectivity index (χ3n) is 3.01. The van der Waals surface area contributed by atoms with Crippen LogP contribution < -0.4 is 5.32 Å². The van der Waals surface area contributed by atoms with Gasteiger partial charge in [-0.1, -0.05) is 18.2 Å². The van der Waals surface area contributed by atoms with Crippen molar-refractivity contribution in [2.24, 2.45) is 0 Å². The minimum absolute atomic E-state index is 0.110. The summed E-state index contributed by atoms with van der Waals surface area (Å²) < 4.78 is 65.0. The summed E-state index contributed by atoms with van der Waals surface area (Å²) in [5.74, 6) is -1.54. The first-order valence-corrected chi connectivity index (χ1v) is 6.13. The summed E-state index contributed by atoms with van der Waals surface area (Å²) in [5.41, 5.74) is -0.604. The van der Waals surface area contributed by atoms with E-state index >= 15 is 0 Å². The topological polar surface area (TPSA) is 12.0 Å². The smallest absolute Gasteiger partial charge is 0.376 e. The zero-order valence-corrected chi connectivity index (χ0v) is 11.1. The molecule has 0 saturated heterocycles. The number of nitrogens with one attached hydrogen (secondary N) is 1. The lowest BCUT2D eigenvalue weighted by atomic mass is 10.1. The Hall–Kier alpha value is -2.11. The molecule has 0 amide bonds. The van der Waals surface area contributed by atoms with Gasteiger partial charge in [-0.15, -0.1) is 0 Å². The Morgan fingerprint density at radius 2 is 1.76 bits per heavy atom. The van der Waals surface area contributed by atoms with E-state index < -0.39 is 23.4 Å². The minimum atomic E-state index is -4.45. The van der Waals surface area contributed by atoms with Crippen LogP contribution in [0.15, 0.2) is 36.4 Å². The first kappa shape index (κ1) is 15.3. The van der Waals surface area contributed by atoms with E-state index in [0.717, 1.165) is 18.2 Å². The third-order valence-corrected chi connectivity index (χ3v) is 3.01. The van der Waals surface area contributed by atoms with Crippen LogP contribution in [0.5, 0.6) is 0 Å². The summed E-state index contributed by atoms with van der Waals surface area (Å²) in [6.07, 6.45) is -4.45. The van der Waals surface area contributed by atoms with Crippen LogP contribution in [0, 0.1) is 18.6 Å². The summed E-state index contributed by atoms with van der Waals surface area (Å²) in [7, 11) is 0. The first-order valence-electron chi connectivity index (χ1n) is 6.13. The fourth-order valence-corrected chi connectivity index (χ4v) is 1.87. The molecule has 0 saturated carbocycles. The quantitative estimate of drug-likeness (QED) is 0.795. The van der Waals surface area contributed by atoms with Gasteiger partial charge < -0.3 is 5.32 Å². The van der Waals surface area contributed by atoms with Crippen LogP contribution in [0.4, 0.5) is 27.6 Å². The van der Waals surface area contributed by atoms with Gasteiger partial charge in [0.15, 0.2) is 5.82 Å². The van der Waals surface area contributed by atoms with Crippen molar-refractivity contribution in [2.45, 2.75) is 19.6 Å². The fraction of sp³-hybridized carbons (Fsp3) is 0.200. The van der Waals surface area contributed by atoms with Gasteiger partial charge in [-0.3, -0.25) is 0 Å². The summed E-state index contributed by atoms with van der Waals surface area (Å²) in [6, 6.07) is 6.99. The maximum atomic E-state index is 13.8. The van der Waals surface area contributed by atoms with Gasteiger partial charge in [0, 0.05) is 6.54 Å². The standard InChI is InChI=1S/C15H12F5N/c1-9-5-6-12(16)14(13(9)17)21-8-10-3-2-4-11(7-10)15(18,19)20/h2-7,21H,8H2,1H3. The van der Waals surface area contributed by atoms with Gasteiger partial charge in [-0.2, -0.15) is 13.2 Å². The number of hydrogen-bond acceptors (Lipinski definition) is 1. The van der Waals surface area contributed by atoms with E-state index in [9.17, 15) is 22.0 Å². The summed E-state index contributed by atoms with van der Waals surface area (Å²) in [5, 5.41) is 2.50. The van der Waals surface area contributed by atoms with Crippen LogP contribution in [-0.4, -0.2) is 0 Å². The van der Waals surface area contributed by atoms with Gasteiger partial charge in [0.2, 0.25) is 0 Å². The van der Waals surface area contributed by atoms with Crippen molar-refractivity contribution >= 4 is 5.69 Å². The number of rotatable bonds is 3. The second kappa shape index (κ2) is 5.71. The molecule has 0 fully saturated rings. The zero-order chi connectivity index (χ0) is 15.6. The molecule has 2 rings (SSSR count). The molecular formula is C15H12F5N. The maximum absolute atomic E-state index is 13.8. The lowest BCUT2D eigenvalue weighted by molar-refractivity contribution is -0.137. The van der Waals surface area contributed by atoms with Crippen molar-refractivity contribution in [1.29, 1.82) is 0 Å². The molecule has 0 aromatic heterocycles. The first-order chi connectivity index (χ1) is 9.79. The predicted octanol–water partition coefficient (Wildman–Crippen LogP) is 4.90. The van der Waals surface area contributed by atoms with Crippen molar-refractivity contribution in [3.05, 3.63) is 64.7 Å². The van der Waals surface area contributed by atoms with E-state index in [1.54, 1.807) is 0 Å². The van der Waals surface area contributed by atoms with Crippen LogP contribution in [0.2, 0.25) is 0 Å². The molecule has 0 unspecified atom stereocenters. The van der Waals surface area contributed by atoms with Crippen molar-refractivity contribution in [1.82, 2.24) is 0 Å². The zero-order valence-electron chi connectivity index (χ0n) is 11.1. The second-order valence-corrected chi connectivity index (χ2v) is 4.60. The van der Waals surface area contributed by atoms with Gasteiger partial charge in [-0.25, -0.2) is 8.78 Å². The molecule has 0 aliphatic carbocycles. The van der Waals surface area contributed by atoms with Crippen LogP contribution in [-0.2, 0) is 12.7 Å². The number of halogens is 5. The molecule has 1 N–H and O–H groups in total. The molecule has 2 aromatic carbocycles. The van der Waals surface area contributed by atoms with Gasteiger partial charge >= 0.3 is 6.18 Å². The maximum Gasteiger partial charge on any atom is 0.416 e. The van der Waals surface area contributed by atoms with Crippen molar-refractivity contribution in [3.63, 3.8) is 0 Å². The minimum Gasteiger partial charge on any atom is -0.376 e. The normalized spacial score (nSPS) is 11.5. The molecule has 1 nitrogen and oxygen atoms in total. The molecule has 112 valence electrons. The molecule has 2 aromatic rings. The lowest BCUT2D eigenvalue weighted by Crippen LogP contribution is -2.08. The summed E-state index contributed by atoms with van der Waals surface area (Å²) in [4.78, 5) is 0. The molecular weight excluding hydrogens is 289 g/mol. The van der Waals surface area contributed by atoms with E-state index in [1.807, 2.05) is 0 Å². The monoisotopic (exact) mass is 301 g/mol. The highest BCUT2D eigenvalue weighted by molar-refractivity contribution is 5.49. The molecule has 0 radical (unpaired) electrons. The SMILES string of the molecule is Cc1ccc(F)c(NCc2cccc(C(F)(F)F)c2)c1F. The van der Waals surface area contributed by atoms with Crippen LogP contribution in [0.25, 0.3) is 0 Å². The summed E-state index contributed by atoms with van der Waals surface area (Å²) >= 11 is 0. The van der Waals surface area contributed by atoms with E-state index in [-0.39, 0.29) is 23.4 Å². The van der Waals surface area contributed by atoms with E-state index in [4.69, 9.17) is 0 Å². The Balaban J connectivity index is 2.20. The highest BCUT2D eigenvalue weighted by Crippen LogP contribution is 2.30. The number of hydrogen-bond donors (Lipinski definition) is 1. The average Bonchev–Trinajstić information content (AvgIpc) is 2.42. The van der Waals surface area contributed by atoms with Crippen molar-refractivity contribution in [2.75, 3.05) is 5.32 Å². The number of benzene rings is 2. The Bertz CT molecular complexity index is 649. The van der Waals surface area contributed by atoms with Gasteiger partial charge in [0.1, 0.15) is 11.5 Å². The van der Waals surface area contributed by atoms with Gasteiger partial charge in [-0.05, 0) is 36.2 Å². The molecule has 21 heavy (non-hydrogen) atoms. The van der Waals surface area contributed by atoms with E-state index in [2.05, 4.69) is 5.32 Å². The van der Waals surface area contributed by atoms with Gasteiger partial charge in [0.05, 0.1) is 5.56 Å². The highest BCUT2D eigenvalue weighted by atomic mass is 19.4. The molecule has 6 heteroatoms. The molecule has 0 spiro atoms. The van der Waals surface area contributed by atoms with E-state index in [0.29, 0.717) is 0 Å². The van der Waals surface area contributed by atoms with Crippen LogP contribution in [0.3, 0.4) is 0 Å². The highest BCUT2D eigenvalue weighted by Gasteiger charge is 2.30. The van der Waals surface area contributed by atoms with Crippen molar-refractivity contribution in [3.8, 4) is 0 Å². The lowest BCUT2D eigenvalue weighted by Gasteiger charge is -2.12. The predicted molar refractivity (Wildman–Crippen MR) is 69.9 cm³/mol. The molecule has 0 heterocycles. The Morgan fingerprint density at radius 1 is 1.05 bits per heavy atom. The second-order valence-electron chi connectivity index (χ2n) is 4.60.